The van der Waals surface area contributed by atoms with Crippen LogP contribution in [0.4, 0.5) is 13.2 Å². The molecular weight excluding hydrogens is 685 g/mol. The van der Waals surface area contributed by atoms with Crippen LogP contribution in [-0.2, 0) is 9.59 Å². The van der Waals surface area contributed by atoms with Gasteiger partial charge in [-0.05, 0) is 54.4 Å². The molecule has 0 amide bonds. The molecule has 53 heavy (non-hydrogen) atoms. The summed E-state index contributed by atoms with van der Waals surface area (Å²) in [4.78, 5) is 41.9. The van der Waals surface area contributed by atoms with Gasteiger partial charge in [0.2, 0.25) is 0 Å². The number of nitrogens with zero attached hydrogens (tertiary/aromatic N) is 6. The van der Waals surface area contributed by atoms with Crippen molar-refractivity contribution < 1.29 is 32.2 Å². The molecule has 8 rings (SSSR count). The van der Waals surface area contributed by atoms with Gasteiger partial charge in [-0.1, -0.05) is 37.4 Å². The van der Waals surface area contributed by atoms with Crippen LogP contribution >= 0.6 is 0 Å². The minimum Gasteiger partial charge on any atom is -0.421 e. The minimum atomic E-state index is -4.94. The summed E-state index contributed by atoms with van der Waals surface area (Å²) in [5, 5.41) is 2.57. The maximum absolute atomic E-state index is 13.2. The highest BCUT2D eigenvalue weighted by molar-refractivity contribution is 6.13. The van der Waals surface area contributed by atoms with E-state index in [4.69, 9.17) is 9.47 Å². The van der Waals surface area contributed by atoms with Crippen molar-refractivity contribution in [2.24, 2.45) is 0 Å². The molecule has 0 aliphatic carbocycles. The van der Waals surface area contributed by atoms with Gasteiger partial charge in [0, 0.05) is 40.1 Å². The summed E-state index contributed by atoms with van der Waals surface area (Å²) in [7, 11) is 0. The van der Waals surface area contributed by atoms with Crippen LogP contribution in [0.5, 0.6) is 11.5 Å². The molecule has 8 aromatic rings. The average Bonchev–Trinajstić information content (AvgIpc) is 3.68. The van der Waals surface area contributed by atoms with Crippen LogP contribution in [0, 0.1) is 0 Å². The van der Waals surface area contributed by atoms with Crippen molar-refractivity contribution in [2.45, 2.75) is 13.1 Å². The highest BCUT2D eigenvalue weighted by atomic mass is 19.4. The third-order valence-electron chi connectivity index (χ3n) is 8.81. The Hall–Kier alpha value is -7.15. The first-order valence-electron chi connectivity index (χ1n) is 16.0. The van der Waals surface area contributed by atoms with Crippen molar-refractivity contribution >= 4 is 55.6 Å². The number of halogens is 3. The van der Waals surface area contributed by atoms with E-state index >= 15 is 0 Å². The lowest BCUT2D eigenvalue weighted by Gasteiger charge is -2.11. The normalized spacial score (nSPS) is 11.7. The Bertz CT molecular complexity index is 2800. The predicted molar refractivity (Wildman–Crippen MR) is 193 cm³/mol. The number of carbonyl (C=O) groups is 2. The maximum atomic E-state index is 13.2. The molecular formula is C40H25F3N6O4. The summed E-state index contributed by atoms with van der Waals surface area (Å²) in [5.41, 5.74) is 4.72. The van der Waals surface area contributed by atoms with Crippen LogP contribution in [0.2, 0.25) is 0 Å². The lowest BCUT2D eigenvalue weighted by Crippen LogP contribution is -2.23. The number of ether oxygens (including phenoxy) is 2. The predicted octanol–water partition coefficient (Wildman–Crippen LogP) is 8.63. The highest BCUT2D eigenvalue weighted by Crippen LogP contribution is 2.39. The third kappa shape index (κ3) is 5.64. The number of carbonyl (C=O) groups excluding carboxylic acids is 2. The Kier molecular flexibility index (Phi) is 7.83. The molecule has 0 bridgehead atoms. The van der Waals surface area contributed by atoms with Gasteiger partial charge in [-0.25, -0.2) is 9.59 Å². The highest BCUT2D eigenvalue weighted by Gasteiger charge is 2.38. The number of hydrogen-bond acceptors (Lipinski definition) is 8. The second-order valence-electron chi connectivity index (χ2n) is 12.1. The zero-order valence-electron chi connectivity index (χ0n) is 27.8. The first-order chi connectivity index (χ1) is 25.5. The first kappa shape index (κ1) is 33.0. The van der Waals surface area contributed by atoms with Crippen molar-refractivity contribution in [3.8, 4) is 34.0 Å². The van der Waals surface area contributed by atoms with E-state index in [0.717, 1.165) is 44.3 Å². The van der Waals surface area contributed by atoms with Crippen molar-refractivity contribution in [1.29, 1.82) is 0 Å². The molecule has 0 saturated carbocycles. The molecule has 0 atom stereocenters. The van der Waals surface area contributed by atoms with Crippen molar-refractivity contribution in [3.63, 3.8) is 0 Å². The van der Waals surface area contributed by atoms with E-state index in [1.807, 2.05) is 63.7 Å². The topological polar surface area (TPSA) is 114 Å². The summed E-state index contributed by atoms with van der Waals surface area (Å²) in [6.07, 6.45) is 7.62. The number of rotatable bonds is 7. The zero-order valence-corrected chi connectivity index (χ0v) is 27.8. The maximum Gasteiger partial charge on any atom is 0.422 e. The van der Waals surface area contributed by atoms with Gasteiger partial charge in [0.05, 0.1) is 70.0 Å². The van der Waals surface area contributed by atoms with Crippen LogP contribution in [0.3, 0.4) is 0 Å². The van der Waals surface area contributed by atoms with Crippen LogP contribution in [-0.4, -0.2) is 47.2 Å². The molecule has 2 aromatic carbocycles. The van der Waals surface area contributed by atoms with Crippen LogP contribution in [0.15, 0.2) is 135 Å². The van der Waals surface area contributed by atoms with E-state index in [9.17, 15) is 22.8 Å². The number of fused-ring (bicyclic) bond motifs is 6. The van der Waals surface area contributed by atoms with E-state index in [1.54, 1.807) is 50.2 Å². The van der Waals surface area contributed by atoms with Gasteiger partial charge in [0.15, 0.2) is 11.5 Å². The van der Waals surface area contributed by atoms with E-state index in [0.29, 0.717) is 27.6 Å². The lowest BCUT2D eigenvalue weighted by atomic mass is 10.0. The number of aromatic nitrogens is 6. The fourth-order valence-corrected chi connectivity index (χ4v) is 6.33. The van der Waals surface area contributed by atoms with Crippen LogP contribution in [0.1, 0.15) is 6.92 Å². The third-order valence-corrected chi connectivity index (χ3v) is 8.81. The largest absolute Gasteiger partial charge is 0.422 e. The van der Waals surface area contributed by atoms with Gasteiger partial charge in [0.25, 0.3) is 0 Å². The molecule has 13 heteroatoms. The summed E-state index contributed by atoms with van der Waals surface area (Å²) in [5.74, 6) is -1.97. The van der Waals surface area contributed by atoms with Gasteiger partial charge in [-0.2, -0.15) is 13.2 Å². The molecule has 0 radical (unpaired) electrons. The minimum absolute atomic E-state index is 0.136. The number of pyridine rings is 4. The Labute approximate surface area is 298 Å². The number of alkyl halides is 3. The second kappa shape index (κ2) is 12.6. The Morgan fingerprint density at radius 1 is 0.585 bits per heavy atom. The van der Waals surface area contributed by atoms with E-state index in [1.165, 1.54) is 12.4 Å². The molecule has 0 aliphatic heterocycles. The van der Waals surface area contributed by atoms with Gasteiger partial charge in [-0.15, -0.1) is 0 Å². The van der Waals surface area contributed by atoms with Crippen molar-refractivity contribution in [1.82, 2.24) is 29.1 Å². The molecule has 260 valence electrons. The Morgan fingerprint density at radius 3 is 1.42 bits per heavy atom. The number of esters is 2. The molecule has 0 fully saturated rings. The SMILES string of the molecule is C=C(C)C(=O)Oc1cncc2c1c1ccncc1n2-c1ccc(-c2ccc(-n3c4cnccc4c4c(OC(=O)C(=C)C(F)(F)F)cncc43)cc2)cc1. The van der Waals surface area contributed by atoms with Crippen molar-refractivity contribution in [3.05, 3.63) is 135 Å². The van der Waals surface area contributed by atoms with Crippen molar-refractivity contribution in [2.75, 3.05) is 0 Å². The van der Waals surface area contributed by atoms with E-state index in [-0.39, 0.29) is 11.3 Å². The molecule has 10 nitrogen and oxygen atoms in total. The van der Waals surface area contributed by atoms with E-state index < -0.39 is 23.7 Å². The first-order valence-corrected chi connectivity index (χ1v) is 16.0. The Balaban J connectivity index is 1.15. The average molecular weight is 711 g/mol. The summed E-state index contributed by atoms with van der Waals surface area (Å²) in [6.45, 7) is 8.11. The molecule has 0 saturated heterocycles. The summed E-state index contributed by atoms with van der Waals surface area (Å²) in [6, 6.07) is 19.2. The molecule has 0 unspecified atom stereocenters. The fraction of sp³-hybridized carbons (Fsp3) is 0.0500. The quantitative estimate of drug-likeness (QED) is 0.119. The van der Waals surface area contributed by atoms with Crippen LogP contribution < -0.4 is 9.47 Å². The summed E-state index contributed by atoms with van der Waals surface area (Å²) >= 11 is 0. The molecule has 6 aromatic heterocycles. The van der Waals surface area contributed by atoms with E-state index in [2.05, 4.69) is 33.1 Å². The van der Waals surface area contributed by atoms with Gasteiger partial charge in [0.1, 0.15) is 5.57 Å². The monoisotopic (exact) mass is 710 g/mol. The fourth-order valence-electron chi connectivity index (χ4n) is 6.33. The Morgan fingerprint density at radius 2 is 1.00 bits per heavy atom. The second-order valence-corrected chi connectivity index (χ2v) is 12.1. The number of hydrogen-bond donors (Lipinski definition) is 0. The summed E-state index contributed by atoms with van der Waals surface area (Å²) < 4.78 is 54.2. The molecule has 0 N–H and O–H groups in total. The standard InChI is InChI=1S/C40H25F3N6O4/c1-22(2)38(50)52-34-20-46-18-32-36(34)28-12-14-44-16-30(28)48(32)26-8-4-24(5-9-26)25-6-10-27(11-7-25)49-31-17-45-15-13-29(31)37-33(49)19-47-21-35(37)53-39(51)23(3)40(41,42)43/h4-21H,1,3H2,2H3. The molecule has 6 heterocycles. The smallest absolute Gasteiger partial charge is 0.421 e. The molecule has 0 aliphatic rings. The van der Waals surface area contributed by atoms with Gasteiger partial charge >= 0.3 is 18.1 Å². The lowest BCUT2D eigenvalue weighted by molar-refractivity contribution is -0.142. The van der Waals surface area contributed by atoms with Gasteiger partial charge in [-0.3, -0.25) is 19.9 Å². The zero-order chi connectivity index (χ0) is 37.0. The van der Waals surface area contributed by atoms with Gasteiger partial charge < -0.3 is 18.6 Å². The van der Waals surface area contributed by atoms with Crippen LogP contribution in [0.25, 0.3) is 66.1 Å². The number of benzene rings is 2. The molecule has 0 spiro atoms.